The zero-order valence-electron chi connectivity index (χ0n) is 16.8. The first-order chi connectivity index (χ1) is 14.9. The fourth-order valence-corrected chi connectivity index (χ4v) is 3.42. The Labute approximate surface area is 178 Å². The SMILES string of the molecule is NC(=O)CCNC(=O)c1ccccc1NC(=O)c1ccc(N2CCCC2)c([N+](=O)[O-])c1. The molecule has 2 aromatic carbocycles. The van der Waals surface area contributed by atoms with Gasteiger partial charge in [0.1, 0.15) is 5.69 Å². The topological polar surface area (TPSA) is 148 Å². The number of benzene rings is 2. The summed E-state index contributed by atoms with van der Waals surface area (Å²) in [6.07, 6.45) is 1.93. The van der Waals surface area contributed by atoms with E-state index in [0.29, 0.717) is 5.69 Å². The van der Waals surface area contributed by atoms with Crippen LogP contribution in [0.3, 0.4) is 0 Å². The monoisotopic (exact) mass is 425 g/mol. The predicted molar refractivity (Wildman–Crippen MR) is 115 cm³/mol. The standard InChI is InChI=1S/C21H23N5O5/c22-19(27)9-10-23-21(29)15-5-1-2-6-16(15)24-20(28)14-7-8-17(18(13-14)26(30)31)25-11-3-4-12-25/h1-2,5-8,13H,3-4,9-12H2,(H2,22,27)(H,23,29)(H,24,28). The summed E-state index contributed by atoms with van der Waals surface area (Å²) in [5, 5.41) is 16.8. The Balaban J connectivity index is 1.79. The highest BCUT2D eigenvalue weighted by atomic mass is 16.6. The number of para-hydroxylation sites is 1. The van der Waals surface area contributed by atoms with Crippen LogP contribution in [-0.2, 0) is 4.79 Å². The average molecular weight is 425 g/mol. The molecule has 0 saturated carbocycles. The van der Waals surface area contributed by atoms with E-state index in [1.807, 2.05) is 4.90 Å². The van der Waals surface area contributed by atoms with Crippen LogP contribution in [0.4, 0.5) is 17.1 Å². The van der Waals surface area contributed by atoms with Gasteiger partial charge in [0.15, 0.2) is 0 Å². The van der Waals surface area contributed by atoms with Crippen LogP contribution in [0.2, 0.25) is 0 Å². The average Bonchev–Trinajstić information content (AvgIpc) is 3.28. The van der Waals surface area contributed by atoms with Gasteiger partial charge >= 0.3 is 0 Å². The van der Waals surface area contributed by atoms with Crippen molar-refractivity contribution in [2.24, 2.45) is 5.73 Å². The number of nitrogens with two attached hydrogens (primary N) is 1. The second-order valence-corrected chi connectivity index (χ2v) is 7.13. The molecule has 0 radical (unpaired) electrons. The van der Waals surface area contributed by atoms with Gasteiger partial charge in [0, 0.05) is 37.7 Å². The molecule has 2 aromatic rings. The van der Waals surface area contributed by atoms with Crippen molar-refractivity contribution in [3.8, 4) is 0 Å². The highest BCUT2D eigenvalue weighted by molar-refractivity contribution is 6.09. The van der Waals surface area contributed by atoms with Crippen molar-refractivity contribution in [2.45, 2.75) is 19.3 Å². The summed E-state index contributed by atoms with van der Waals surface area (Å²) in [5.74, 6) is -1.60. The molecule has 3 amide bonds. The highest BCUT2D eigenvalue weighted by Crippen LogP contribution is 2.32. The molecule has 3 rings (SSSR count). The molecular formula is C21H23N5O5. The Bertz CT molecular complexity index is 1020. The lowest BCUT2D eigenvalue weighted by Gasteiger charge is -2.18. The number of carbonyl (C=O) groups excluding carboxylic acids is 3. The molecule has 31 heavy (non-hydrogen) atoms. The summed E-state index contributed by atoms with van der Waals surface area (Å²) < 4.78 is 0. The van der Waals surface area contributed by atoms with E-state index in [2.05, 4.69) is 10.6 Å². The van der Waals surface area contributed by atoms with Gasteiger partial charge < -0.3 is 21.3 Å². The first-order valence-electron chi connectivity index (χ1n) is 9.87. The van der Waals surface area contributed by atoms with Crippen molar-refractivity contribution < 1.29 is 19.3 Å². The predicted octanol–water partition coefficient (Wildman–Crippen LogP) is 2.05. The molecule has 162 valence electrons. The number of amides is 3. The molecule has 4 N–H and O–H groups in total. The number of nitro groups is 1. The number of anilines is 2. The Morgan fingerprint density at radius 1 is 1.06 bits per heavy atom. The van der Waals surface area contributed by atoms with Gasteiger partial charge in [-0.15, -0.1) is 0 Å². The number of rotatable bonds is 8. The van der Waals surface area contributed by atoms with Crippen molar-refractivity contribution in [2.75, 3.05) is 29.9 Å². The molecule has 0 spiro atoms. The van der Waals surface area contributed by atoms with Gasteiger partial charge in [-0.3, -0.25) is 24.5 Å². The van der Waals surface area contributed by atoms with Crippen LogP contribution in [0.5, 0.6) is 0 Å². The number of nitro benzene ring substituents is 1. The van der Waals surface area contributed by atoms with E-state index in [1.165, 1.54) is 18.2 Å². The second kappa shape index (κ2) is 9.70. The minimum atomic E-state index is -0.576. The van der Waals surface area contributed by atoms with Gasteiger partial charge in [-0.2, -0.15) is 0 Å². The molecule has 10 nitrogen and oxygen atoms in total. The van der Waals surface area contributed by atoms with Crippen LogP contribution >= 0.6 is 0 Å². The summed E-state index contributed by atoms with van der Waals surface area (Å²) in [5.41, 5.74) is 5.98. The van der Waals surface area contributed by atoms with Crippen molar-refractivity contribution in [1.29, 1.82) is 0 Å². The van der Waals surface area contributed by atoms with Gasteiger partial charge in [0.2, 0.25) is 5.91 Å². The Kier molecular flexibility index (Phi) is 6.81. The number of hydrogen-bond acceptors (Lipinski definition) is 6. The van der Waals surface area contributed by atoms with E-state index < -0.39 is 22.6 Å². The van der Waals surface area contributed by atoms with Gasteiger partial charge in [0.05, 0.1) is 16.2 Å². The van der Waals surface area contributed by atoms with Crippen LogP contribution in [-0.4, -0.2) is 42.3 Å². The molecule has 10 heteroatoms. The lowest BCUT2D eigenvalue weighted by atomic mass is 10.1. The molecular weight excluding hydrogens is 402 g/mol. The van der Waals surface area contributed by atoms with Gasteiger partial charge in [0.25, 0.3) is 17.5 Å². The molecule has 0 atom stereocenters. The van der Waals surface area contributed by atoms with Crippen LogP contribution in [0.15, 0.2) is 42.5 Å². The summed E-state index contributed by atoms with van der Waals surface area (Å²) in [7, 11) is 0. The lowest BCUT2D eigenvalue weighted by molar-refractivity contribution is -0.384. The second-order valence-electron chi connectivity index (χ2n) is 7.13. The number of nitrogens with one attached hydrogen (secondary N) is 2. The van der Waals surface area contributed by atoms with E-state index in [9.17, 15) is 24.5 Å². The van der Waals surface area contributed by atoms with E-state index in [-0.39, 0.29) is 35.5 Å². The smallest absolute Gasteiger partial charge is 0.293 e. The van der Waals surface area contributed by atoms with Crippen LogP contribution in [0.25, 0.3) is 0 Å². The maximum absolute atomic E-state index is 12.8. The fraction of sp³-hybridized carbons (Fsp3) is 0.286. The first-order valence-corrected chi connectivity index (χ1v) is 9.87. The zero-order valence-corrected chi connectivity index (χ0v) is 16.8. The van der Waals surface area contributed by atoms with E-state index >= 15 is 0 Å². The third-order valence-corrected chi connectivity index (χ3v) is 4.96. The fourth-order valence-electron chi connectivity index (χ4n) is 3.42. The summed E-state index contributed by atoms with van der Waals surface area (Å²) in [6, 6.07) is 10.7. The first kappa shape index (κ1) is 21.8. The van der Waals surface area contributed by atoms with Crippen LogP contribution < -0.4 is 21.3 Å². The van der Waals surface area contributed by atoms with Gasteiger partial charge in [-0.05, 0) is 37.1 Å². The van der Waals surface area contributed by atoms with Crippen molar-refractivity contribution in [3.63, 3.8) is 0 Å². The van der Waals surface area contributed by atoms with Gasteiger partial charge in [-0.1, -0.05) is 12.1 Å². The van der Waals surface area contributed by atoms with Crippen LogP contribution in [0.1, 0.15) is 40.0 Å². The summed E-state index contributed by atoms with van der Waals surface area (Å²) >= 11 is 0. The molecule has 1 heterocycles. The largest absolute Gasteiger partial charge is 0.370 e. The number of primary amides is 1. The van der Waals surface area contributed by atoms with E-state index in [4.69, 9.17) is 5.73 Å². The van der Waals surface area contributed by atoms with E-state index in [1.54, 1.807) is 24.3 Å². The minimum Gasteiger partial charge on any atom is -0.370 e. The maximum Gasteiger partial charge on any atom is 0.293 e. The number of nitrogens with zero attached hydrogens (tertiary/aromatic N) is 2. The summed E-state index contributed by atoms with van der Waals surface area (Å²) in [4.78, 5) is 49.0. The molecule has 0 aromatic heterocycles. The quantitative estimate of drug-likeness (QED) is 0.435. The van der Waals surface area contributed by atoms with Crippen LogP contribution in [0, 0.1) is 10.1 Å². The van der Waals surface area contributed by atoms with Crippen molar-refractivity contribution in [3.05, 3.63) is 63.7 Å². The number of hydrogen-bond donors (Lipinski definition) is 3. The Morgan fingerprint density at radius 2 is 1.77 bits per heavy atom. The molecule has 0 unspecified atom stereocenters. The summed E-state index contributed by atoms with van der Waals surface area (Å²) in [6.45, 7) is 1.55. The maximum atomic E-state index is 12.8. The molecule has 1 fully saturated rings. The van der Waals surface area contributed by atoms with Crippen molar-refractivity contribution >= 4 is 34.8 Å². The highest BCUT2D eigenvalue weighted by Gasteiger charge is 2.24. The molecule has 0 aliphatic carbocycles. The molecule has 0 bridgehead atoms. The lowest BCUT2D eigenvalue weighted by Crippen LogP contribution is -2.28. The molecule has 1 aliphatic heterocycles. The zero-order chi connectivity index (χ0) is 22.4. The van der Waals surface area contributed by atoms with E-state index in [0.717, 1.165) is 25.9 Å². The Morgan fingerprint density at radius 3 is 2.45 bits per heavy atom. The van der Waals surface area contributed by atoms with Crippen molar-refractivity contribution in [1.82, 2.24) is 5.32 Å². The minimum absolute atomic E-state index is 0.00665. The third-order valence-electron chi connectivity index (χ3n) is 4.96. The third kappa shape index (κ3) is 5.35. The number of carbonyl (C=O) groups is 3. The normalized spacial score (nSPS) is 13.0. The van der Waals surface area contributed by atoms with Gasteiger partial charge in [-0.25, -0.2) is 0 Å². The molecule has 1 aliphatic rings. The Hall–Kier alpha value is -3.95. The molecule has 1 saturated heterocycles.